The van der Waals surface area contributed by atoms with Crippen molar-refractivity contribution in [3.8, 4) is 11.5 Å². The Hall–Kier alpha value is -2.82. The molecule has 1 unspecified atom stereocenters. The number of carbonyl (C=O) groups excluding carboxylic acids is 1. The highest BCUT2D eigenvalue weighted by atomic mass is 16.5. The molecule has 2 aromatic carbocycles. The first-order chi connectivity index (χ1) is 19.0. The Morgan fingerprint density at radius 3 is 1.85 bits per heavy atom. The van der Waals surface area contributed by atoms with Gasteiger partial charge in [-0.3, -0.25) is 0 Å². The average molecular weight is 539 g/mol. The maximum absolute atomic E-state index is 12.7. The topological polar surface area (TPSA) is 72.8 Å². The Balaban J connectivity index is 1.79. The van der Waals surface area contributed by atoms with E-state index in [9.17, 15) is 14.7 Å². The minimum Gasteiger partial charge on any atom is -0.494 e. The second-order valence-corrected chi connectivity index (χ2v) is 10.7. The van der Waals surface area contributed by atoms with Crippen molar-refractivity contribution in [3.63, 3.8) is 0 Å². The Morgan fingerprint density at radius 2 is 1.26 bits per heavy atom. The summed E-state index contributed by atoms with van der Waals surface area (Å²) in [5, 5.41) is 9.64. The third kappa shape index (κ3) is 12.7. The number of aromatic carboxylic acids is 1. The smallest absolute Gasteiger partial charge is 0.343 e. The molecule has 216 valence electrons. The third-order valence-electron chi connectivity index (χ3n) is 7.34. The fourth-order valence-electron chi connectivity index (χ4n) is 4.87. The molecule has 39 heavy (non-hydrogen) atoms. The second-order valence-electron chi connectivity index (χ2n) is 10.7. The molecule has 0 bridgehead atoms. The van der Waals surface area contributed by atoms with Crippen molar-refractivity contribution in [1.29, 1.82) is 0 Å². The lowest BCUT2D eigenvalue weighted by atomic mass is 9.91. The van der Waals surface area contributed by atoms with Crippen LogP contribution in [0.2, 0.25) is 0 Å². The lowest BCUT2D eigenvalue weighted by molar-refractivity contribution is 0.0694. The van der Waals surface area contributed by atoms with E-state index in [1.165, 1.54) is 70.3 Å². The Labute approximate surface area is 236 Å². The zero-order valence-electron chi connectivity index (χ0n) is 24.5. The molecule has 0 aliphatic heterocycles. The van der Waals surface area contributed by atoms with Gasteiger partial charge in [0.25, 0.3) is 0 Å². The molecule has 0 aromatic heterocycles. The summed E-state index contributed by atoms with van der Waals surface area (Å²) in [5.41, 5.74) is 1.40. The number of rotatable bonds is 21. The van der Waals surface area contributed by atoms with Crippen LogP contribution in [0.25, 0.3) is 0 Å². The molecule has 0 aliphatic rings. The van der Waals surface area contributed by atoms with E-state index in [-0.39, 0.29) is 11.5 Å². The summed E-state index contributed by atoms with van der Waals surface area (Å²) in [6.45, 7) is 7.13. The monoisotopic (exact) mass is 538 g/mol. The first kappa shape index (κ1) is 32.4. The van der Waals surface area contributed by atoms with Crippen LogP contribution in [-0.2, 0) is 0 Å². The van der Waals surface area contributed by atoms with E-state index in [2.05, 4.69) is 13.8 Å². The highest BCUT2D eigenvalue weighted by Gasteiger charge is 2.18. The van der Waals surface area contributed by atoms with E-state index in [0.29, 0.717) is 23.5 Å². The van der Waals surface area contributed by atoms with Crippen LogP contribution in [0.4, 0.5) is 0 Å². The molecule has 2 aromatic rings. The van der Waals surface area contributed by atoms with Crippen LogP contribution < -0.4 is 9.47 Å². The molecule has 0 heterocycles. The largest absolute Gasteiger partial charge is 0.494 e. The van der Waals surface area contributed by atoms with Gasteiger partial charge in [0.15, 0.2) is 0 Å². The Morgan fingerprint density at radius 1 is 0.718 bits per heavy atom. The van der Waals surface area contributed by atoms with Crippen LogP contribution in [-0.4, -0.2) is 23.7 Å². The maximum Gasteiger partial charge on any atom is 0.343 e. The second kappa shape index (κ2) is 19.3. The van der Waals surface area contributed by atoms with E-state index in [0.717, 1.165) is 37.9 Å². The summed E-state index contributed by atoms with van der Waals surface area (Å²) in [6.07, 6.45) is 18.3. The molecule has 1 atom stereocenters. The van der Waals surface area contributed by atoms with Gasteiger partial charge < -0.3 is 14.6 Å². The van der Waals surface area contributed by atoms with Crippen molar-refractivity contribution in [2.75, 3.05) is 6.61 Å². The van der Waals surface area contributed by atoms with Gasteiger partial charge in [0, 0.05) is 0 Å². The molecule has 2 rings (SSSR count). The Bertz CT molecular complexity index is 966. The number of benzene rings is 2. The first-order valence-corrected chi connectivity index (χ1v) is 15.3. The normalized spacial score (nSPS) is 11.8. The molecule has 0 radical (unpaired) electrons. The van der Waals surface area contributed by atoms with E-state index >= 15 is 0 Å². The van der Waals surface area contributed by atoms with E-state index in [4.69, 9.17) is 9.47 Å². The molecule has 5 heteroatoms. The molecule has 0 saturated carbocycles. The number of hydrogen-bond acceptors (Lipinski definition) is 4. The van der Waals surface area contributed by atoms with Crippen molar-refractivity contribution in [3.05, 3.63) is 59.2 Å². The summed E-state index contributed by atoms with van der Waals surface area (Å²) in [6, 6.07) is 11.8. The van der Waals surface area contributed by atoms with Gasteiger partial charge in [-0.15, -0.1) is 0 Å². The van der Waals surface area contributed by atoms with Gasteiger partial charge in [-0.25, -0.2) is 9.59 Å². The van der Waals surface area contributed by atoms with E-state index in [1.807, 2.05) is 6.92 Å². The van der Waals surface area contributed by atoms with Crippen molar-refractivity contribution >= 4 is 11.9 Å². The van der Waals surface area contributed by atoms with Crippen molar-refractivity contribution in [1.82, 2.24) is 0 Å². The maximum atomic E-state index is 12.7. The van der Waals surface area contributed by atoms with Crippen molar-refractivity contribution < 1.29 is 24.2 Å². The fraction of sp³-hybridized carbons (Fsp3) is 0.588. The molecule has 1 N–H and O–H groups in total. The Kier molecular flexibility index (Phi) is 16.0. The van der Waals surface area contributed by atoms with Crippen LogP contribution in [0, 0.1) is 0 Å². The third-order valence-corrected chi connectivity index (χ3v) is 7.34. The van der Waals surface area contributed by atoms with E-state index < -0.39 is 11.9 Å². The number of hydrogen-bond donors (Lipinski definition) is 1. The quantitative estimate of drug-likeness (QED) is 0.0972. The zero-order valence-corrected chi connectivity index (χ0v) is 24.5. The number of ether oxygens (including phenoxy) is 2. The molecule has 0 aliphatic carbocycles. The highest BCUT2D eigenvalue weighted by molar-refractivity contribution is 5.92. The van der Waals surface area contributed by atoms with E-state index in [1.54, 1.807) is 36.4 Å². The van der Waals surface area contributed by atoms with Crippen LogP contribution in [0.1, 0.15) is 149 Å². The molecular formula is C34H50O5. The lowest BCUT2D eigenvalue weighted by Gasteiger charge is -2.16. The average Bonchev–Trinajstić information content (AvgIpc) is 2.94. The number of unbranched alkanes of at least 4 members (excludes halogenated alkanes) is 12. The minimum atomic E-state index is -0.961. The minimum absolute atomic E-state index is 0.0681. The van der Waals surface area contributed by atoms with Gasteiger partial charge >= 0.3 is 11.9 Å². The van der Waals surface area contributed by atoms with Gasteiger partial charge in [0.05, 0.1) is 17.7 Å². The lowest BCUT2D eigenvalue weighted by Crippen LogP contribution is -2.11. The molecule has 0 saturated heterocycles. The summed E-state index contributed by atoms with van der Waals surface area (Å²) < 4.78 is 11.5. The predicted octanol–water partition coefficient (Wildman–Crippen LogP) is 9.98. The van der Waals surface area contributed by atoms with Crippen LogP contribution in [0.3, 0.4) is 0 Å². The van der Waals surface area contributed by atoms with Crippen LogP contribution in [0.5, 0.6) is 11.5 Å². The highest BCUT2D eigenvalue weighted by Crippen LogP contribution is 2.29. The standard InChI is InChI=1S/C34H50O5/c1-4-6-8-10-11-12-13-14-15-17-25-38-29-21-19-28(20-22-29)34(37)39-30-23-24-31(33(35)36)32(26-30)27(3)18-16-9-7-5-2/h19-24,26-27H,4-18,25H2,1-3H3,(H,35,36). The SMILES string of the molecule is CCCCCCCCCCCCOc1ccc(C(=O)Oc2ccc(C(=O)O)c(C(C)CCCCCC)c2)cc1. The fourth-order valence-corrected chi connectivity index (χ4v) is 4.87. The summed E-state index contributed by atoms with van der Waals surface area (Å²) in [7, 11) is 0. The predicted molar refractivity (Wildman–Crippen MR) is 159 cm³/mol. The van der Waals surface area contributed by atoms with Crippen LogP contribution in [0.15, 0.2) is 42.5 Å². The number of esters is 1. The number of carboxylic acids is 1. The van der Waals surface area contributed by atoms with Gasteiger partial charge in [-0.1, -0.05) is 104 Å². The van der Waals surface area contributed by atoms with Gasteiger partial charge in [-0.2, -0.15) is 0 Å². The number of carboxylic acid groups (broad SMARTS) is 1. The van der Waals surface area contributed by atoms with Crippen LogP contribution >= 0.6 is 0 Å². The van der Waals surface area contributed by atoms with Gasteiger partial charge in [-0.05, 0) is 66.8 Å². The number of carbonyl (C=O) groups is 2. The molecule has 0 spiro atoms. The van der Waals surface area contributed by atoms with Crippen molar-refractivity contribution in [2.45, 2.75) is 123 Å². The summed E-state index contributed by atoms with van der Waals surface area (Å²) in [5.74, 6) is -0.259. The van der Waals surface area contributed by atoms with Crippen molar-refractivity contribution in [2.24, 2.45) is 0 Å². The van der Waals surface area contributed by atoms with Gasteiger partial charge in [0.2, 0.25) is 0 Å². The first-order valence-electron chi connectivity index (χ1n) is 15.3. The summed E-state index contributed by atoms with van der Waals surface area (Å²) >= 11 is 0. The molecule has 0 amide bonds. The molecule has 5 nitrogen and oxygen atoms in total. The molecular weight excluding hydrogens is 488 g/mol. The van der Waals surface area contributed by atoms with Gasteiger partial charge in [0.1, 0.15) is 11.5 Å². The molecule has 0 fully saturated rings. The summed E-state index contributed by atoms with van der Waals surface area (Å²) in [4.78, 5) is 24.5. The zero-order chi connectivity index (χ0) is 28.3.